The van der Waals surface area contributed by atoms with E-state index in [1.165, 1.54) is 51.3 Å². The zero-order valence-electron chi connectivity index (χ0n) is 9.53. The molecule has 0 aromatic carbocycles. The molecule has 15 heavy (non-hydrogen) atoms. The average Bonchev–Trinajstić information content (AvgIpc) is 2.71. The normalized spacial score (nSPS) is 27.9. The van der Waals surface area contributed by atoms with Crippen molar-refractivity contribution < 1.29 is 0 Å². The van der Waals surface area contributed by atoms with Crippen molar-refractivity contribution in [2.24, 2.45) is 0 Å². The molecule has 0 aromatic heterocycles. The Bertz CT molecular complexity index is 208. The summed E-state index contributed by atoms with van der Waals surface area (Å²) < 4.78 is 0. The Labute approximate surface area is 97.7 Å². The highest BCUT2D eigenvalue weighted by Gasteiger charge is 2.29. The molecular weight excluding hydrogens is 204 g/mol. The number of thioether (sulfide) groups is 1. The quantitative estimate of drug-likeness (QED) is 0.520. The molecule has 0 aliphatic carbocycles. The van der Waals surface area contributed by atoms with Gasteiger partial charge >= 0.3 is 0 Å². The van der Waals surface area contributed by atoms with Gasteiger partial charge in [0.2, 0.25) is 0 Å². The predicted molar refractivity (Wildman–Crippen MR) is 68.6 cm³/mol. The first-order chi connectivity index (χ1) is 7.40. The molecule has 3 heteroatoms. The Kier molecular flexibility index (Phi) is 4.54. The van der Waals surface area contributed by atoms with E-state index in [4.69, 9.17) is 0 Å². The molecule has 0 bridgehead atoms. The van der Waals surface area contributed by atoms with Crippen LogP contribution in [0.4, 0.5) is 0 Å². The van der Waals surface area contributed by atoms with Crippen molar-refractivity contribution in [2.45, 2.75) is 18.9 Å². The molecule has 0 saturated carbocycles. The van der Waals surface area contributed by atoms with Crippen LogP contribution in [0.1, 0.15) is 12.8 Å². The van der Waals surface area contributed by atoms with Crippen molar-refractivity contribution in [3.63, 3.8) is 0 Å². The fourth-order valence-electron chi connectivity index (χ4n) is 2.62. The number of hydrogen-bond acceptors (Lipinski definition) is 3. The van der Waals surface area contributed by atoms with E-state index in [0.29, 0.717) is 0 Å². The lowest BCUT2D eigenvalue weighted by Gasteiger charge is -2.37. The summed E-state index contributed by atoms with van der Waals surface area (Å²) in [6.45, 7) is 10.3. The van der Waals surface area contributed by atoms with Crippen LogP contribution in [0.3, 0.4) is 0 Å². The summed E-state index contributed by atoms with van der Waals surface area (Å²) in [6.07, 6.45) is 4.85. The van der Waals surface area contributed by atoms with Gasteiger partial charge in [0.15, 0.2) is 0 Å². The van der Waals surface area contributed by atoms with Crippen LogP contribution < -0.4 is 0 Å². The van der Waals surface area contributed by atoms with E-state index in [9.17, 15) is 0 Å². The van der Waals surface area contributed by atoms with Crippen molar-refractivity contribution in [1.29, 1.82) is 0 Å². The lowest BCUT2D eigenvalue weighted by molar-refractivity contribution is 0.110. The topological polar surface area (TPSA) is 6.48 Å². The minimum absolute atomic E-state index is 0.878. The van der Waals surface area contributed by atoms with Gasteiger partial charge in [-0.2, -0.15) is 11.8 Å². The Hall–Kier alpha value is 0.01000. The monoisotopic (exact) mass is 226 g/mol. The summed E-state index contributed by atoms with van der Waals surface area (Å²) in [5.41, 5.74) is 0. The van der Waals surface area contributed by atoms with Gasteiger partial charge in [-0.25, -0.2) is 0 Å². The van der Waals surface area contributed by atoms with Crippen LogP contribution in [-0.2, 0) is 0 Å². The van der Waals surface area contributed by atoms with Crippen molar-refractivity contribution in [3.05, 3.63) is 12.7 Å². The number of piperazine rings is 1. The molecule has 0 aromatic rings. The van der Waals surface area contributed by atoms with Crippen LogP contribution in [0.15, 0.2) is 12.7 Å². The first-order valence-corrected chi connectivity index (χ1v) is 7.20. The highest BCUT2D eigenvalue weighted by Crippen LogP contribution is 2.21. The van der Waals surface area contributed by atoms with Gasteiger partial charge in [-0.15, -0.1) is 6.58 Å². The van der Waals surface area contributed by atoms with Crippen LogP contribution in [0, 0.1) is 0 Å². The zero-order valence-corrected chi connectivity index (χ0v) is 10.3. The Morgan fingerprint density at radius 2 is 2.27 bits per heavy atom. The molecule has 2 heterocycles. The summed E-state index contributed by atoms with van der Waals surface area (Å²) in [5.74, 6) is 2.36. The minimum atomic E-state index is 0.878. The van der Waals surface area contributed by atoms with E-state index in [1.54, 1.807) is 0 Å². The fourth-order valence-corrected chi connectivity index (χ4v) is 3.34. The van der Waals surface area contributed by atoms with Crippen molar-refractivity contribution in [2.75, 3.05) is 44.2 Å². The molecule has 1 atom stereocenters. The standard InChI is InChI=1S/C12H22N2S/c1-2-9-15-10-8-13-6-7-14-5-3-4-12(14)11-13/h2,12H,1,3-11H2. The second-order valence-electron chi connectivity index (χ2n) is 4.50. The number of fused-ring (bicyclic) bond motifs is 1. The fraction of sp³-hybridized carbons (Fsp3) is 0.833. The summed E-state index contributed by atoms with van der Waals surface area (Å²) in [5, 5.41) is 0. The summed E-state index contributed by atoms with van der Waals surface area (Å²) in [4.78, 5) is 5.32. The maximum Gasteiger partial charge on any atom is 0.0224 e. The predicted octanol–water partition coefficient (Wildman–Crippen LogP) is 1.69. The Morgan fingerprint density at radius 1 is 1.33 bits per heavy atom. The third kappa shape index (κ3) is 3.23. The second-order valence-corrected chi connectivity index (χ2v) is 5.65. The highest BCUT2D eigenvalue weighted by atomic mass is 32.2. The molecule has 0 amide bonds. The summed E-state index contributed by atoms with van der Waals surface area (Å²) in [6, 6.07) is 0.878. The van der Waals surface area contributed by atoms with Gasteiger partial charge in [-0.05, 0) is 19.4 Å². The zero-order chi connectivity index (χ0) is 10.5. The van der Waals surface area contributed by atoms with Gasteiger partial charge in [-0.1, -0.05) is 6.08 Å². The number of rotatable bonds is 5. The Morgan fingerprint density at radius 3 is 3.13 bits per heavy atom. The largest absolute Gasteiger partial charge is 0.300 e. The first kappa shape index (κ1) is 11.5. The SMILES string of the molecule is C=CCSCCN1CCN2CCCC2C1. The van der Waals surface area contributed by atoms with Crippen molar-refractivity contribution in [1.82, 2.24) is 9.80 Å². The van der Waals surface area contributed by atoms with Gasteiger partial charge in [-0.3, -0.25) is 9.80 Å². The highest BCUT2D eigenvalue weighted by molar-refractivity contribution is 7.99. The summed E-state index contributed by atoms with van der Waals surface area (Å²) in [7, 11) is 0. The van der Waals surface area contributed by atoms with Gasteiger partial charge in [0.05, 0.1) is 0 Å². The van der Waals surface area contributed by atoms with Crippen LogP contribution >= 0.6 is 11.8 Å². The van der Waals surface area contributed by atoms with E-state index in [0.717, 1.165) is 11.8 Å². The second kappa shape index (κ2) is 5.92. The molecule has 2 nitrogen and oxygen atoms in total. The van der Waals surface area contributed by atoms with E-state index in [1.807, 2.05) is 17.8 Å². The molecule has 2 fully saturated rings. The molecular formula is C12H22N2S. The lowest BCUT2D eigenvalue weighted by Crippen LogP contribution is -2.50. The van der Waals surface area contributed by atoms with Gasteiger partial charge in [0.1, 0.15) is 0 Å². The smallest absolute Gasteiger partial charge is 0.0224 e. The third-order valence-electron chi connectivity index (χ3n) is 3.46. The molecule has 2 saturated heterocycles. The number of hydrogen-bond donors (Lipinski definition) is 0. The summed E-state index contributed by atoms with van der Waals surface area (Å²) >= 11 is 2.00. The van der Waals surface area contributed by atoms with Crippen molar-refractivity contribution >= 4 is 11.8 Å². The van der Waals surface area contributed by atoms with E-state index < -0.39 is 0 Å². The molecule has 86 valence electrons. The van der Waals surface area contributed by atoms with Gasteiger partial charge in [0, 0.05) is 43.7 Å². The average molecular weight is 226 g/mol. The van der Waals surface area contributed by atoms with Crippen LogP contribution in [-0.4, -0.2) is 60.1 Å². The Balaban J connectivity index is 1.64. The van der Waals surface area contributed by atoms with Crippen LogP contribution in [0.5, 0.6) is 0 Å². The van der Waals surface area contributed by atoms with Gasteiger partial charge in [0.25, 0.3) is 0 Å². The lowest BCUT2D eigenvalue weighted by atomic mass is 10.1. The maximum atomic E-state index is 3.75. The van der Waals surface area contributed by atoms with Crippen LogP contribution in [0.25, 0.3) is 0 Å². The first-order valence-electron chi connectivity index (χ1n) is 6.05. The van der Waals surface area contributed by atoms with Gasteiger partial charge < -0.3 is 0 Å². The van der Waals surface area contributed by atoms with Crippen molar-refractivity contribution in [3.8, 4) is 0 Å². The minimum Gasteiger partial charge on any atom is -0.300 e. The molecule has 0 radical (unpaired) electrons. The molecule has 2 aliphatic heterocycles. The maximum absolute atomic E-state index is 3.75. The number of nitrogens with zero attached hydrogens (tertiary/aromatic N) is 2. The molecule has 0 N–H and O–H groups in total. The molecule has 2 rings (SSSR count). The molecule has 2 aliphatic rings. The van der Waals surface area contributed by atoms with E-state index in [-0.39, 0.29) is 0 Å². The van der Waals surface area contributed by atoms with E-state index in [2.05, 4.69) is 16.4 Å². The molecule has 0 spiro atoms. The van der Waals surface area contributed by atoms with Crippen LogP contribution in [0.2, 0.25) is 0 Å². The van der Waals surface area contributed by atoms with E-state index >= 15 is 0 Å². The third-order valence-corrected chi connectivity index (χ3v) is 4.40. The molecule has 1 unspecified atom stereocenters.